The van der Waals surface area contributed by atoms with Crippen LogP contribution in [0.5, 0.6) is 0 Å². The summed E-state index contributed by atoms with van der Waals surface area (Å²) in [5.41, 5.74) is 8.51. The Hall–Kier alpha value is -2.13. The van der Waals surface area contributed by atoms with E-state index in [0.29, 0.717) is 10.7 Å². The lowest BCUT2D eigenvalue weighted by Gasteiger charge is -2.19. The van der Waals surface area contributed by atoms with Crippen LogP contribution in [0.4, 0.5) is 14.9 Å². The van der Waals surface area contributed by atoms with Gasteiger partial charge in [-0.3, -0.25) is 9.69 Å². The van der Waals surface area contributed by atoms with Gasteiger partial charge in [-0.2, -0.15) is 5.10 Å². The summed E-state index contributed by atoms with van der Waals surface area (Å²) in [6.45, 7) is 2.22. The van der Waals surface area contributed by atoms with Crippen molar-refractivity contribution in [3.8, 4) is 0 Å². The Morgan fingerprint density at radius 2 is 2.30 bits per heavy atom. The highest BCUT2D eigenvalue weighted by Crippen LogP contribution is 2.28. The predicted octanol–water partition coefficient (Wildman–Crippen LogP) is 1.02. The summed E-state index contributed by atoms with van der Waals surface area (Å²) in [4.78, 5) is 24.5. The van der Waals surface area contributed by atoms with Gasteiger partial charge in [0.2, 0.25) is 0 Å². The molecule has 0 saturated carbocycles. The number of hydrogen-bond acceptors (Lipinski definition) is 6. The van der Waals surface area contributed by atoms with E-state index in [9.17, 15) is 14.0 Å². The van der Waals surface area contributed by atoms with Crippen molar-refractivity contribution in [2.24, 2.45) is 10.8 Å². The number of nitrogens with two attached hydrogens (primary N) is 1. The molecule has 1 saturated heterocycles. The van der Waals surface area contributed by atoms with Gasteiger partial charge in [0.25, 0.3) is 5.91 Å². The number of hydrazone groups is 1. The molecule has 1 aromatic carbocycles. The molecule has 3 rings (SSSR count). The van der Waals surface area contributed by atoms with Gasteiger partial charge in [0, 0.05) is 12.1 Å². The van der Waals surface area contributed by atoms with Gasteiger partial charge in [-0.05, 0) is 25.1 Å². The zero-order chi connectivity index (χ0) is 16.6. The van der Waals surface area contributed by atoms with Crippen molar-refractivity contribution in [1.82, 2.24) is 5.43 Å². The van der Waals surface area contributed by atoms with Crippen LogP contribution in [0.3, 0.4) is 0 Å². The van der Waals surface area contributed by atoms with Crippen molar-refractivity contribution in [1.29, 1.82) is 0 Å². The minimum absolute atomic E-state index is 0.216. The number of carbonyl (C=O) groups is 2. The Morgan fingerprint density at radius 3 is 2.91 bits per heavy atom. The van der Waals surface area contributed by atoms with Gasteiger partial charge in [0.1, 0.15) is 17.0 Å². The van der Waals surface area contributed by atoms with Crippen LogP contribution in [0, 0.1) is 5.82 Å². The normalized spacial score (nSPS) is 24.3. The summed E-state index contributed by atoms with van der Waals surface area (Å²) in [5, 5.41) is 3.92. The molecule has 0 aromatic heterocycles. The van der Waals surface area contributed by atoms with E-state index >= 15 is 0 Å². The van der Waals surface area contributed by atoms with Crippen molar-refractivity contribution in [2.75, 3.05) is 18.0 Å². The molecule has 9 heteroatoms. The molecule has 2 amide bonds. The van der Waals surface area contributed by atoms with Crippen LogP contribution in [0.15, 0.2) is 23.3 Å². The summed E-state index contributed by atoms with van der Waals surface area (Å²) >= 11 is 1.18. The second-order valence-electron chi connectivity index (χ2n) is 5.17. The molecule has 2 aliphatic rings. The first-order chi connectivity index (χ1) is 11.0. The Morgan fingerprint density at radius 1 is 1.52 bits per heavy atom. The van der Waals surface area contributed by atoms with Gasteiger partial charge in [-0.1, -0.05) is 11.8 Å². The first-order valence-corrected chi connectivity index (χ1v) is 7.90. The summed E-state index contributed by atoms with van der Waals surface area (Å²) in [6, 6.07) is 4.39. The molecular formula is C14H15FN4O3S. The molecule has 2 atom stereocenters. The fourth-order valence-corrected chi connectivity index (χ4v) is 3.15. The fraction of sp³-hybridized carbons (Fsp3) is 0.357. The SMILES string of the molecule is CC1SC(c2ccc(N3C[C@H](CN)OC3=O)cc2F)=NNC1=O. The second-order valence-corrected chi connectivity index (χ2v) is 6.50. The van der Waals surface area contributed by atoms with Gasteiger partial charge in [-0.25, -0.2) is 14.6 Å². The van der Waals surface area contributed by atoms with E-state index < -0.39 is 11.9 Å². The van der Waals surface area contributed by atoms with Crippen LogP contribution < -0.4 is 16.1 Å². The van der Waals surface area contributed by atoms with Crippen molar-refractivity contribution >= 4 is 34.5 Å². The number of ether oxygens (including phenoxy) is 1. The van der Waals surface area contributed by atoms with Gasteiger partial charge < -0.3 is 10.5 Å². The molecule has 0 radical (unpaired) electrons. The quantitative estimate of drug-likeness (QED) is 0.858. The van der Waals surface area contributed by atoms with E-state index in [1.807, 2.05) is 0 Å². The Labute approximate surface area is 136 Å². The lowest BCUT2D eigenvalue weighted by atomic mass is 10.2. The summed E-state index contributed by atoms with van der Waals surface area (Å²) in [5.74, 6) is -0.746. The molecule has 7 nitrogen and oxygen atoms in total. The standard InChI is InChI=1S/C14H15FN4O3S/c1-7-12(20)17-18-13(23-7)10-3-2-8(4-11(10)15)19-6-9(5-16)22-14(19)21/h2-4,7,9H,5-6,16H2,1H3,(H,17,20)/t7?,9-/m0/s1. The van der Waals surface area contributed by atoms with E-state index in [1.54, 1.807) is 13.0 Å². The van der Waals surface area contributed by atoms with Gasteiger partial charge in [0.15, 0.2) is 0 Å². The molecule has 1 aromatic rings. The van der Waals surface area contributed by atoms with E-state index in [0.717, 1.165) is 0 Å². The first-order valence-electron chi connectivity index (χ1n) is 7.02. The maximum Gasteiger partial charge on any atom is 0.414 e. The largest absolute Gasteiger partial charge is 0.443 e. The Bertz CT molecular complexity index is 697. The molecule has 0 bridgehead atoms. The fourth-order valence-electron chi connectivity index (χ4n) is 2.27. The highest BCUT2D eigenvalue weighted by atomic mass is 32.2. The lowest BCUT2D eigenvalue weighted by molar-refractivity contribution is -0.120. The molecule has 2 aliphatic heterocycles. The van der Waals surface area contributed by atoms with E-state index in [4.69, 9.17) is 10.5 Å². The molecule has 1 unspecified atom stereocenters. The molecular weight excluding hydrogens is 323 g/mol. The molecule has 0 aliphatic carbocycles. The number of benzene rings is 1. The van der Waals surface area contributed by atoms with Crippen molar-refractivity contribution in [2.45, 2.75) is 18.3 Å². The Kier molecular flexibility index (Phi) is 4.22. The summed E-state index contributed by atoms with van der Waals surface area (Å²) < 4.78 is 19.5. The van der Waals surface area contributed by atoms with Crippen molar-refractivity contribution in [3.05, 3.63) is 29.6 Å². The highest BCUT2D eigenvalue weighted by molar-refractivity contribution is 8.15. The first kappa shape index (κ1) is 15.8. The number of amides is 2. The average Bonchev–Trinajstić information content (AvgIpc) is 2.91. The number of halogens is 1. The number of cyclic esters (lactones) is 1. The minimum Gasteiger partial charge on any atom is -0.443 e. The number of hydrogen-bond donors (Lipinski definition) is 2. The van der Waals surface area contributed by atoms with Crippen LogP contribution in [-0.4, -0.2) is 41.5 Å². The van der Waals surface area contributed by atoms with E-state index in [2.05, 4.69) is 10.5 Å². The van der Waals surface area contributed by atoms with Gasteiger partial charge in [0.05, 0.1) is 17.5 Å². The number of rotatable bonds is 3. The third-order valence-corrected chi connectivity index (χ3v) is 4.66. The van der Waals surface area contributed by atoms with E-state index in [-0.39, 0.29) is 35.9 Å². The highest BCUT2D eigenvalue weighted by Gasteiger charge is 2.32. The number of nitrogens with one attached hydrogen (secondary N) is 1. The number of thioether (sulfide) groups is 1. The number of nitrogens with zero attached hydrogens (tertiary/aromatic N) is 2. The molecule has 0 spiro atoms. The van der Waals surface area contributed by atoms with Gasteiger partial charge >= 0.3 is 6.09 Å². The molecule has 2 heterocycles. The maximum atomic E-state index is 14.4. The zero-order valence-electron chi connectivity index (χ0n) is 12.3. The zero-order valence-corrected chi connectivity index (χ0v) is 13.1. The van der Waals surface area contributed by atoms with Crippen LogP contribution in [0.1, 0.15) is 12.5 Å². The third-order valence-electron chi connectivity index (χ3n) is 3.56. The van der Waals surface area contributed by atoms with Crippen molar-refractivity contribution < 1.29 is 18.7 Å². The van der Waals surface area contributed by atoms with Crippen LogP contribution >= 0.6 is 11.8 Å². The average molecular weight is 338 g/mol. The predicted molar refractivity (Wildman–Crippen MR) is 84.8 cm³/mol. The molecule has 122 valence electrons. The molecule has 1 fully saturated rings. The smallest absolute Gasteiger partial charge is 0.414 e. The van der Waals surface area contributed by atoms with Crippen LogP contribution in [0.25, 0.3) is 0 Å². The summed E-state index contributed by atoms with van der Waals surface area (Å²) in [6.07, 6.45) is -0.933. The number of carbonyl (C=O) groups excluding carboxylic acids is 2. The Balaban J connectivity index is 1.84. The topological polar surface area (TPSA) is 97.0 Å². The molecule has 23 heavy (non-hydrogen) atoms. The third kappa shape index (κ3) is 3.02. The van der Waals surface area contributed by atoms with Crippen LogP contribution in [0.2, 0.25) is 0 Å². The molecule has 3 N–H and O–H groups in total. The van der Waals surface area contributed by atoms with Crippen molar-refractivity contribution in [3.63, 3.8) is 0 Å². The number of anilines is 1. The van der Waals surface area contributed by atoms with E-state index in [1.165, 1.54) is 28.8 Å². The monoisotopic (exact) mass is 338 g/mol. The van der Waals surface area contributed by atoms with Crippen LogP contribution in [-0.2, 0) is 9.53 Å². The second kappa shape index (κ2) is 6.17. The minimum atomic E-state index is -0.544. The van der Waals surface area contributed by atoms with Gasteiger partial charge in [-0.15, -0.1) is 0 Å². The lowest BCUT2D eigenvalue weighted by Crippen LogP contribution is -2.33. The summed E-state index contributed by atoms with van der Waals surface area (Å²) in [7, 11) is 0. The maximum absolute atomic E-state index is 14.4.